The molecule has 1 heteroatoms. The maximum atomic E-state index is 4.10. The standard InChI is InChI=1S/C17H19N/c1-12-5-9-17(10-6-12)18-15(4)16-8-7-13(2)14(3)11-16/h5-11,18H,4H2,1-3H3. The largest absolute Gasteiger partial charge is 0.356 e. The fourth-order valence-corrected chi connectivity index (χ4v) is 1.81. The Bertz CT molecular complexity index is 565. The third-order valence-corrected chi connectivity index (χ3v) is 3.20. The molecule has 0 aromatic heterocycles. The number of benzene rings is 2. The van der Waals surface area contributed by atoms with Crippen LogP contribution in [0.3, 0.4) is 0 Å². The Kier molecular flexibility index (Phi) is 3.52. The number of hydrogen-bond donors (Lipinski definition) is 1. The van der Waals surface area contributed by atoms with Gasteiger partial charge in [-0.1, -0.05) is 36.4 Å². The van der Waals surface area contributed by atoms with Crippen LogP contribution in [0.15, 0.2) is 49.0 Å². The van der Waals surface area contributed by atoms with Gasteiger partial charge in [0.1, 0.15) is 0 Å². The van der Waals surface area contributed by atoms with Gasteiger partial charge >= 0.3 is 0 Å². The maximum absolute atomic E-state index is 4.10. The Morgan fingerprint density at radius 3 is 2.17 bits per heavy atom. The molecule has 0 atom stereocenters. The first-order valence-electron chi connectivity index (χ1n) is 6.16. The molecule has 1 nitrogen and oxygen atoms in total. The normalized spacial score (nSPS) is 10.2. The summed E-state index contributed by atoms with van der Waals surface area (Å²) in [7, 11) is 0. The Hall–Kier alpha value is -2.02. The van der Waals surface area contributed by atoms with Crippen LogP contribution in [-0.2, 0) is 0 Å². The highest BCUT2D eigenvalue weighted by atomic mass is 14.9. The number of hydrogen-bond acceptors (Lipinski definition) is 1. The Labute approximate surface area is 109 Å². The summed E-state index contributed by atoms with van der Waals surface area (Å²) in [5, 5.41) is 3.34. The van der Waals surface area contributed by atoms with Gasteiger partial charge in [0.05, 0.1) is 0 Å². The predicted octanol–water partition coefficient (Wildman–Crippen LogP) is 4.69. The lowest BCUT2D eigenvalue weighted by molar-refractivity contribution is 1.33. The van der Waals surface area contributed by atoms with E-state index in [1.807, 2.05) is 0 Å². The zero-order chi connectivity index (χ0) is 13.1. The van der Waals surface area contributed by atoms with Gasteiger partial charge in [0.2, 0.25) is 0 Å². The molecule has 0 fully saturated rings. The van der Waals surface area contributed by atoms with Crippen molar-refractivity contribution in [2.75, 3.05) is 5.32 Å². The highest BCUT2D eigenvalue weighted by molar-refractivity contribution is 5.75. The number of nitrogens with one attached hydrogen (secondary N) is 1. The van der Waals surface area contributed by atoms with Crippen LogP contribution in [0.25, 0.3) is 5.70 Å². The van der Waals surface area contributed by atoms with Crippen molar-refractivity contribution in [2.24, 2.45) is 0 Å². The van der Waals surface area contributed by atoms with E-state index in [1.54, 1.807) is 0 Å². The molecule has 0 aliphatic carbocycles. The SMILES string of the molecule is C=C(Nc1ccc(C)cc1)c1ccc(C)c(C)c1. The molecule has 0 unspecified atom stereocenters. The molecule has 0 aliphatic rings. The number of aryl methyl sites for hydroxylation is 3. The van der Waals surface area contributed by atoms with E-state index in [9.17, 15) is 0 Å². The van der Waals surface area contributed by atoms with Gasteiger partial charge in [-0.05, 0) is 55.7 Å². The summed E-state index contributed by atoms with van der Waals surface area (Å²) in [4.78, 5) is 0. The second-order valence-corrected chi connectivity index (χ2v) is 4.77. The molecule has 18 heavy (non-hydrogen) atoms. The van der Waals surface area contributed by atoms with Crippen molar-refractivity contribution in [2.45, 2.75) is 20.8 Å². The van der Waals surface area contributed by atoms with Crippen molar-refractivity contribution in [3.05, 3.63) is 71.3 Å². The van der Waals surface area contributed by atoms with Gasteiger partial charge < -0.3 is 5.32 Å². The summed E-state index contributed by atoms with van der Waals surface area (Å²) >= 11 is 0. The average molecular weight is 237 g/mol. The van der Waals surface area contributed by atoms with Gasteiger partial charge in [-0.2, -0.15) is 0 Å². The monoisotopic (exact) mass is 237 g/mol. The lowest BCUT2D eigenvalue weighted by Crippen LogP contribution is -1.98. The zero-order valence-electron chi connectivity index (χ0n) is 11.2. The van der Waals surface area contributed by atoms with Crippen LogP contribution in [0.2, 0.25) is 0 Å². The highest BCUT2D eigenvalue weighted by Crippen LogP contribution is 2.19. The van der Waals surface area contributed by atoms with E-state index in [1.165, 1.54) is 16.7 Å². The van der Waals surface area contributed by atoms with Crippen LogP contribution in [0.5, 0.6) is 0 Å². The molecule has 0 spiro atoms. The molecule has 92 valence electrons. The van der Waals surface area contributed by atoms with E-state index in [0.29, 0.717) is 0 Å². The van der Waals surface area contributed by atoms with Crippen LogP contribution < -0.4 is 5.32 Å². The van der Waals surface area contributed by atoms with Crippen molar-refractivity contribution >= 4 is 11.4 Å². The fourth-order valence-electron chi connectivity index (χ4n) is 1.81. The first-order chi connectivity index (χ1) is 8.56. The van der Waals surface area contributed by atoms with Gasteiger partial charge in [0.25, 0.3) is 0 Å². The summed E-state index contributed by atoms with van der Waals surface area (Å²) in [6, 6.07) is 14.7. The topological polar surface area (TPSA) is 12.0 Å². The minimum Gasteiger partial charge on any atom is -0.356 e. The van der Waals surface area contributed by atoms with Crippen molar-refractivity contribution in [3.8, 4) is 0 Å². The molecule has 0 radical (unpaired) electrons. The Balaban J connectivity index is 2.16. The molecule has 0 saturated heterocycles. The van der Waals surface area contributed by atoms with E-state index in [0.717, 1.165) is 16.9 Å². The molecule has 0 amide bonds. The van der Waals surface area contributed by atoms with Crippen molar-refractivity contribution in [1.29, 1.82) is 0 Å². The number of anilines is 1. The molecular weight excluding hydrogens is 218 g/mol. The molecular formula is C17H19N. The average Bonchev–Trinajstić information content (AvgIpc) is 2.35. The van der Waals surface area contributed by atoms with Gasteiger partial charge in [0, 0.05) is 11.4 Å². The molecule has 1 N–H and O–H groups in total. The first kappa shape index (κ1) is 12.4. The van der Waals surface area contributed by atoms with Gasteiger partial charge in [-0.25, -0.2) is 0 Å². The summed E-state index contributed by atoms with van der Waals surface area (Å²) in [5.41, 5.74) is 7.00. The lowest BCUT2D eigenvalue weighted by Gasteiger charge is -2.11. The van der Waals surface area contributed by atoms with Crippen molar-refractivity contribution in [1.82, 2.24) is 0 Å². The third kappa shape index (κ3) is 2.80. The molecule has 0 aliphatic heterocycles. The summed E-state index contributed by atoms with van der Waals surface area (Å²) in [6.45, 7) is 10.4. The fraction of sp³-hybridized carbons (Fsp3) is 0.176. The van der Waals surface area contributed by atoms with E-state index in [-0.39, 0.29) is 0 Å². The third-order valence-electron chi connectivity index (χ3n) is 3.20. The van der Waals surface area contributed by atoms with Gasteiger partial charge in [-0.15, -0.1) is 0 Å². The maximum Gasteiger partial charge on any atom is 0.0384 e. The van der Waals surface area contributed by atoms with Crippen molar-refractivity contribution in [3.63, 3.8) is 0 Å². The van der Waals surface area contributed by atoms with E-state index < -0.39 is 0 Å². The van der Waals surface area contributed by atoms with Crippen molar-refractivity contribution < 1.29 is 0 Å². The summed E-state index contributed by atoms with van der Waals surface area (Å²) in [5.74, 6) is 0. The van der Waals surface area contributed by atoms with Gasteiger partial charge in [0.15, 0.2) is 0 Å². The second-order valence-electron chi connectivity index (χ2n) is 4.77. The van der Waals surface area contributed by atoms with Crippen LogP contribution in [0.4, 0.5) is 5.69 Å². The Morgan fingerprint density at radius 2 is 1.56 bits per heavy atom. The molecule has 0 heterocycles. The second kappa shape index (κ2) is 5.09. The minimum atomic E-state index is 0.932. The quantitative estimate of drug-likeness (QED) is 0.816. The first-order valence-corrected chi connectivity index (χ1v) is 6.16. The Morgan fingerprint density at radius 1 is 0.889 bits per heavy atom. The lowest BCUT2D eigenvalue weighted by atomic mass is 10.0. The zero-order valence-corrected chi connectivity index (χ0v) is 11.2. The van der Waals surface area contributed by atoms with Crippen LogP contribution >= 0.6 is 0 Å². The van der Waals surface area contributed by atoms with E-state index in [4.69, 9.17) is 0 Å². The number of rotatable bonds is 3. The minimum absolute atomic E-state index is 0.932. The van der Waals surface area contributed by atoms with Crippen LogP contribution in [0.1, 0.15) is 22.3 Å². The molecule has 2 aromatic carbocycles. The smallest absolute Gasteiger partial charge is 0.0384 e. The van der Waals surface area contributed by atoms with E-state index in [2.05, 4.69) is 75.1 Å². The van der Waals surface area contributed by atoms with Crippen LogP contribution in [-0.4, -0.2) is 0 Å². The highest BCUT2D eigenvalue weighted by Gasteiger charge is 2.01. The molecule has 2 aromatic rings. The molecule has 0 saturated carbocycles. The predicted molar refractivity (Wildman–Crippen MR) is 79.8 cm³/mol. The van der Waals surface area contributed by atoms with Gasteiger partial charge in [-0.3, -0.25) is 0 Å². The summed E-state index contributed by atoms with van der Waals surface area (Å²) in [6.07, 6.45) is 0. The summed E-state index contributed by atoms with van der Waals surface area (Å²) < 4.78 is 0. The van der Waals surface area contributed by atoms with E-state index >= 15 is 0 Å². The molecule has 2 rings (SSSR count). The van der Waals surface area contributed by atoms with Crippen LogP contribution in [0, 0.1) is 20.8 Å². The molecule has 0 bridgehead atoms.